The fourth-order valence-corrected chi connectivity index (χ4v) is 3.05. The zero-order valence-corrected chi connectivity index (χ0v) is 12.2. The zero-order chi connectivity index (χ0) is 12.4. The Morgan fingerprint density at radius 3 is 2.58 bits per heavy atom. The smallest absolute Gasteiger partial charge is 0.228 e. The molecule has 3 saturated heterocycles. The Labute approximate surface area is 121 Å². The summed E-state index contributed by atoms with van der Waals surface area (Å²) >= 11 is 0. The summed E-state index contributed by atoms with van der Waals surface area (Å²) in [6.07, 6.45) is 1.17. The monoisotopic (exact) mass is 289 g/mol. The molecule has 0 aromatic carbocycles. The van der Waals surface area contributed by atoms with Crippen LogP contribution in [0.2, 0.25) is 0 Å². The largest absolute Gasteiger partial charge is 0.379 e. The van der Waals surface area contributed by atoms with E-state index in [1.54, 1.807) is 0 Å². The minimum absolute atomic E-state index is 0. The van der Waals surface area contributed by atoms with E-state index in [1.807, 2.05) is 0 Å². The molecule has 6 heteroatoms. The summed E-state index contributed by atoms with van der Waals surface area (Å²) in [5.41, 5.74) is 0. The highest BCUT2D eigenvalue weighted by Crippen LogP contribution is 2.21. The van der Waals surface area contributed by atoms with Crippen LogP contribution in [0.15, 0.2) is 0 Å². The second-order valence-corrected chi connectivity index (χ2v) is 5.71. The Morgan fingerprint density at radius 2 is 1.95 bits per heavy atom. The molecule has 3 heterocycles. The third-order valence-electron chi connectivity index (χ3n) is 4.35. The minimum atomic E-state index is 0. The van der Waals surface area contributed by atoms with Crippen LogP contribution in [0.25, 0.3) is 0 Å². The van der Waals surface area contributed by atoms with Crippen LogP contribution in [0.1, 0.15) is 6.42 Å². The second kappa shape index (κ2) is 6.88. The van der Waals surface area contributed by atoms with Crippen LogP contribution in [-0.2, 0) is 9.53 Å². The van der Waals surface area contributed by atoms with E-state index in [2.05, 4.69) is 15.1 Å². The van der Waals surface area contributed by atoms with Gasteiger partial charge in [-0.1, -0.05) is 0 Å². The van der Waals surface area contributed by atoms with E-state index < -0.39 is 0 Å². The summed E-state index contributed by atoms with van der Waals surface area (Å²) in [5.74, 6) is 1.30. The minimum Gasteiger partial charge on any atom is -0.379 e. The average Bonchev–Trinajstić information content (AvgIpc) is 2.76. The van der Waals surface area contributed by atoms with Crippen molar-refractivity contribution in [3.8, 4) is 0 Å². The summed E-state index contributed by atoms with van der Waals surface area (Å²) in [6, 6.07) is 0. The van der Waals surface area contributed by atoms with Gasteiger partial charge in [-0.25, -0.2) is 0 Å². The van der Waals surface area contributed by atoms with Crippen LogP contribution < -0.4 is 5.32 Å². The molecular weight excluding hydrogens is 266 g/mol. The maximum atomic E-state index is 12.1. The highest BCUT2D eigenvalue weighted by atomic mass is 35.5. The van der Waals surface area contributed by atoms with E-state index in [1.165, 1.54) is 6.42 Å². The van der Waals surface area contributed by atoms with E-state index >= 15 is 0 Å². The highest BCUT2D eigenvalue weighted by molar-refractivity contribution is 5.85. The van der Waals surface area contributed by atoms with Gasteiger partial charge < -0.3 is 15.0 Å². The predicted molar refractivity (Wildman–Crippen MR) is 75.6 cm³/mol. The average molecular weight is 290 g/mol. The van der Waals surface area contributed by atoms with Gasteiger partial charge >= 0.3 is 0 Å². The fourth-order valence-electron chi connectivity index (χ4n) is 3.05. The van der Waals surface area contributed by atoms with Crippen molar-refractivity contribution in [2.75, 3.05) is 59.0 Å². The van der Waals surface area contributed by atoms with Crippen molar-refractivity contribution in [2.45, 2.75) is 6.42 Å². The van der Waals surface area contributed by atoms with Crippen molar-refractivity contribution in [3.63, 3.8) is 0 Å². The normalized spacial score (nSPS) is 28.8. The van der Waals surface area contributed by atoms with Crippen LogP contribution in [0.4, 0.5) is 0 Å². The molecule has 1 unspecified atom stereocenters. The first-order chi connectivity index (χ1) is 8.83. The summed E-state index contributed by atoms with van der Waals surface area (Å²) in [5, 5.41) is 3.17. The molecule has 0 aromatic heterocycles. The third-order valence-corrected chi connectivity index (χ3v) is 4.35. The molecule has 1 amide bonds. The van der Waals surface area contributed by atoms with Gasteiger partial charge in [-0.2, -0.15) is 0 Å². The van der Waals surface area contributed by atoms with E-state index in [0.29, 0.717) is 11.8 Å². The van der Waals surface area contributed by atoms with Crippen molar-refractivity contribution in [1.82, 2.24) is 15.1 Å². The lowest BCUT2D eigenvalue weighted by molar-refractivity contribution is -0.136. The van der Waals surface area contributed by atoms with Crippen LogP contribution in [-0.4, -0.2) is 74.7 Å². The van der Waals surface area contributed by atoms with Gasteiger partial charge in [0.25, 0.3) is 0 Å². The molecule has 3 aliphatic rings. The number of amides is 1. The molecule has 3 rings (SSSR count). The molecule has 3 aliphatic heterocycles. The lowest BCUT2D eigenvalue weighted by Gasteiger charge is -2.31. The van der Waals surface area contributed by atoms with E-state index in [4.69, 9.17) is 4.74 Å². The van der Waals surface area contributed by atoms with Crippen LogP contribution in [0.3, 0.4) is 0 Å². The lowest BCUT2D eigenvalue weighted by atomic mass is 10.0. The van der Waals surface area contributed by atoms with E-state index in [0.717, 1.165) is 59.0 Å². The topological polar surface area (TPSA) is 44.8 Å². The molecule has 0 aliphatic carbocycles. The molecule has 1 N–H and O–H groups in total. The lowest BCUT2D eigenvalue weighted by Crippen LogP contribution is -2.51. The number of nitrogens with one attached hydrogen (secondary N) is 1. The molecule has 5 nitrogen and oxygen atoms in total. The first kappa shape index (κ1) is 15.0. The van der Waals surface area contributed by atoms with E-state index in [-0.39, 0.29) is 18.3 Å². The fraction of sp³-hybridized carbons (Fsp3) is 0.923. The third kappa shape index (κ3) is 3.60. The number of carbonyl (C=O) groups excluding carboxylic acids is 1. The maximum Gasteiger partial charge on any atom is 0.228 e. The van der Waals surface area contributed by atoms with Gasteiger partial charge in [0, 0.05) is 45.8 Å². The number of nitrogens with zero attached hydrogens (tertiary/aromatic N) is 2. The standard InChI is InChI=1S/C13H23N3O2.ClH/c17-13(12-7-14-8-12)16-2-1-11(10-16)9-15-3-5-18-6-4-15;/h11-12,14H,1-10H2;1H. The van der Waals surface area contributed by atoms with Gasteiger partial charge in [-0.15, -0.1) is 12.4 Å². The molecule has 0 spiro atoms. The highest BCUT2D eigenvalue weighted by Gasteiger charge is 2.34. The number of halogens is 1. The van der Waals surface area contributed by atoms with Crippen LogP contribution >= 0.6 is 12.4 Å². The van der Waals surface area contributed by atoms with Gasteiger partial charge in [0.2, 0.25) is 5.91 Å². The molecule has 1 atom stereocenters. The van der Waals surface area contributed by atoms with Gasteiger partial charge in [-0.05, 0) is 12.3 Å². The number of carbonyl (C=O) groups is 1. The summed E-state index contributed by atoms with van der Waals surface area (Å²) in [7, 11) is 0. The second-order valence-electron chi connectivity index (χ2n) is 5.71. The Bertz CT molecular complexity index is 306. The number of morpholine rings is 1. The van der Waals surface area contributed by atoms with Crippen molar-refractivity contribution in [1.29, 1.82) is 0 Å². The quantitative estimate of drug-likeness (QED) is 0.782. The van der Waals surface area contributed by atoms with Crippen LogP contribution in [0.5, 0.6) is 0 Å². The molecule has 0 aromatic rings. The van der Waals surface area contributed by atoms with Crippen molar-refractivity contribution in [2.24, 2.45) is 11.8 Å². The van der Waals surface area contributed by atoms with Crippen molar-refractivity contribution >= 4 is 18.3 Å². The van der Waals surface area contributed by atoms with Crippen molar-refractivity contribution in [3.05, 3.63) is 0 Å². The molecule has 110 valence electrons. The summed E-state index contributed by atoms with van der Waals surface area (Å²) in [4.78, 5) is 16.7. The number of rotatable bonds is 3. The summed E-state index contributed by atoms with van der Waals surface area (Å²) < 4.78 is 5.36. The number of ether oxygens (including phenoxy) is 1. The SMILES string of the molecule is Cl.O=C(C1CNC1)N1CCC(CN2CCOCC2)C1. The predicted octanol–water partition coefficient (Wildman–Crippen LogP) is -0.192. The molecule has 19 heavy (non-hydrogen) atoms. The maximum absolute atomic E-state index is 12.1. The number of likely N-dealkylation sites (tertiary alicyclic amines) is 1. The Morgan fingerprint density at radius 1 is 1.21 bits per heavy atom. The Balaban J connectivity index is 0.00000133. The molecule has 0 saturated carbocycles. The van der Waals surface area contributed by atoms with Crippen molar-refractivity contribution < 1.29 is 9.53 Å². The van der Waals surface area contributed by atoms with Crippen LogP contribution in [0, 0.1) is 11.8 Å². The van der Waals surface area contributed by atoms with Gasteiger partial charge in [-0.3, -0.25) is 9.69 Å². The number of hydrogen-bond acceptors (Lipinski definition) is 4. The zero-order valence-electron chi connectivity index (χ0n) is 11.3. The Hall–Kier alpha value is -0.360. The molecule has 3 fully saturated rings. The number of hydrogen-bond donors (Lipinski definition) is 1. The van der Waals surface area contributed by atoms with E-state index in [9.17, 15) is 4.79 Å². The van der Waals surface area contributed by atoms with Gasteiger partial charge in [0.1, 0.15) is 0 Å². The molecule has 0 radical (unpaired) electrons. The summed E-state index contributed by atoms with van der Waals surface area (Å²) in [6.45, 7) is 8.65. The first-order valence-corrected chi connectivity index (χ1v) is 7.12. The Kier molecular flexibility index (Phi) is 5.45. The first-order valence-electron chi connectivity index (χ1n) is 7.12. The molecular formula is C13H24ClN3O2. The molecule has 0 bridgehead atoms. The van der Waals surface area contributed by atoms with Gasteiger partial charge in [0.15, 0.2) is 0 Å². The van der Waals surface area contributed by atoms with Gasteiger partial charge in [0.05, 0.1) is 19.1 Å².